The minimum atomic E-state index is -1.18. The summed E-state index contributed by atoms with van der Waals surface area (Å²) in [4.78, 5) is 23.7. The van der Waals surface area contributed by atoms with Crippen LogP contribution in [0.15, 0.2) is 0 Å². The summed E-state index contributed by atoms with van der Waals surface area (Å²) in [6.07, 6.45) is 6.25. The van der Waals surface area contributed by atoms with Gasteiger partial charge in [0, 0.05) is 32.1 Å². The number of rotatable bonds is 3. The predicted molar refractivity (Wildman–Crippen MR) is 78.1 cm³/mol. The Morgan fingerprint density at radius 3 is 2.48 bits per heavy atom. The molecule has 0 bridgehead atoms. The van der Waals surface area contributed by atoms with Gasteiger partial charge in [-0.05, 0) is 18.8 Å². The summed E-state index contributed by atoms with van der Waals surface area (Å²) in [6, 6.07) is -0.226. The Labute approximate surface area is 125 Å². The van der Waals surface area contributed by atoms with Gasteiger partial charge in [0.1, 0.15) is 5.54 Å². The van der Waals surface area contributed by atoms with E-state index in [1.54, 1.807) is 0 Å². The van der Waals surface area contributed by atoms with Gasteiger partial charge in [-0.1, -0.05) is 26.2 Å². The molecule has 2 rings (SSSR count). The molecular weight excluding hydrogens is 272 g/mol. The van der Waals surface area contributed by atoms with E-state index in [0.717, 1.165) is 19.3 Å². The van der Waals surface area contributed by atoms with Crippen molar-refractivity contribution >= 4 is 12.0 Å². The molecule has 2 atom stereocenters. The molecule has 3 N–H and O–H groups in total. The summed E-state index contributed by atoms with van der Waals surface area (Å²) in [5, 5.41) is 15.1. The Kier molecular flexibility index (Phi) is 5.45. The molecule has 6 heteroatoms. The SMILES string of the molecule is CC1CCCCCC1NC(=O)NC1(C(=O)O)CCOCC1. The van der Waals surface area contributed by atoms with Crippen LogP contribution in [0.3, 0.4) is 0 Å². The highest BCUT2D eigenvalue weighted by molar-refractivity contribution is 5.86. The lowest BCUT2D eigenvalue weighted by molar-refractivity contribution is -0.148. The number of ether oxygens (including phenoxy) is 1. The highest BCUT2D eigenvalue weighted by Gasteiger charge is 2.42. The first kappa shape index (κ1) is 16.1. The summed E-state index contributed by atoms with van der Waals surface area (Å²) in [7, 11) is 0. The second-order valence-corrected chi connectivity index (χ2v) is 6.32. The van der Waals surface area contributed by atoms with Gasteiger partial charge in [0.2, 0.25) is 0 Å². The van der Waals surface area contributed by atoms with Crippen LogP contribution in [0.25, 0.3) is 0 Å². The third-order valence-electron chi connectivity index (χ3n) is 4.79. The molecule has 0 spiro atoms. The number of carbonyl (C=O) groups excluding carboxylic acids is 1. The molecule has 0 aromatic heterocycles. The number of urea groups is 1. The maximum absolute atomic E-state index is 12.2. The van der Waals surface area contributed by atoms with Gasteiger partial charge >= 0.3 is 12.0 Å². The van der Waals surface area contributed by atoms with Gasteiger partial charge in [-0.2, -0.15) is 0 Å². The summed E-state index contributed by atoms with van der Waals surface area (Å²) in [5.74, 6) is -0.538. The molecule has 2 amide bonds. The van der Waals surface area contributed by atoms with Crippen LogP contribution in [0, 0.1) is 5.92 Å². The molecule has 120 valence electrons. The van der Waals surface area contributed by atoms with E-state index >= 15 is 0 Å². The number of carboxylic acids is 1. The van der Waals surface area contributed by atoms with Crippen LogP contribution in [-0.2, 0) is 9.53 Å². The summed E-state index contributed by atoms with van der Waals surface area (Å²) < 4.78 is 5.20. The van der Waals surface area contributed by atoms with Crippen molar-refractivity contribution in [1.82, 2.24) is 10.6 Å². The van der Waals surface area contributed by atoms with E-state index in [9.17, 15) is 14.7 Å². The van der Waals surface area contributed by atoms with Crippen LogP contribution >= 0.6 is 0 Å². The summed E-state index contributed by atoms with van der Waals surface area (Å²) in [5.41, 5.74) is -1.18. The maximum atomic E-state index is 12.2. The van der Waals surface area contributed by atoms with Gasteiger partial charge < -0.3 is 20.5 Å². The normalized spacial score (nSPS) is 29.2. The van der Waals surface area contributed by atoms with Crippen molar-refractivity contribution in [3.63, 3.8) is 0 Å². The Morgan fingerprint density at radius 1 is 1.14 bits per heavy atom. The Balaban J connectivity index is 1.94. The van der Waals surface area contributed by atoms with Crippen molar-refractivity contribution in [2.45, 2.75) is 63.5 Å². The van der Waals surface area contributed by atoms with Gasteiger partial charge in [0.15, 0.2) is 0 Å². The minimum Gasteiger partial charge on any atom is -0.480 e. The van der Waals surface area contributed by atoms with E-state index < -0.39 is 11.5 Å². The Bertz CT molecular complexity index is 380. The first-order valence-electron chi connectivity index (χ1n) is 7.93. The molecule has 21 heavy (non-hydrogen) atoms. The van der Waals surface area contributed by atoms with Crippen molar-refractivity contribution in [2.75, 3.05) is 13.2 Å². The van der Waals surface area contributed by atoms with Gasteiger partial charge in [0.25, 0.3) is 0 Å². The fourth-order valence-corrected chi connectivity index (χ4v) is 3.24. The maximum Gasteiger partial charge on any atom is 0.329 e. The van der Waals surface area contributed by atoms with Crippen LogP contribution < -0.4 is 10.6 Å². The number of hydrogen-bond acceptors (Lipinski definition) is 3. The molecule has 2 aliphatic rings. The standard InChI is InChI=1S/C15H26N2O4/c1-11-5-3-2-4-6-12(11)16-14(20)17-15(13(18)19)7-9-21-10-8-15/h11-12H,2-10H2,1H3,(H,18,19)(H2,16,17,20). The third kappa shape index (κ3) is 4.09. The van der Waals surface area contributed by atoms with Crippen LogP contribution in [0.2, 0.25) is 0 Å². The van der Waals surface area contributed by atoms with Crippen LogP contribution in [-0.4, -0.2) is 41.9 Å². The zero-order valence-electron chi connectivity index (χ0n) is 12.7. The minimum absolute atomic E-state index is 0.137. The van der Waals surface area contributed by atoms with Crippen molar-refractivity contribution in [2.24, 2.45) is 5.92 Å². The van der Waals surface area contributed by atoms with Crippen LogP contribution in [0.1, 0.15) is 51.9 Å². The lowest BCUT2D eigenvalue weighted by Crippen LogP contribution is -2.61. The molecule has 1 aliphatic heterocycles. The largest absolute Gasteiger partial charge is 0.480 e. The van der Waals surface area contributed by atoms with Gasteiger partial charge in [-0.15, -0.1) is 0 Å². The number of nitrogens with one attached hydrogen (secondary N) is 2. The van der Waals surface area contributed by atoms with Crippen molar-refractivity contribution in [3.05, 3.63) is 0 Å². The van der Waals surface area contributed by atoms with E-state index in [-0.39, 0.29) is 12.1 Å². The Hall–Kier alpha value is -1.30. The monoisotopic (exact) mass is 298 g/mol. The summed E-state index contributed by atoms with van der Waals surface area (Å²) >= 11 is 0. The van der Waals surface area contributed by atoms with E-state index in [4.69, 9.17) is 4.74 Å². The molecule has 1 saturated heterocycles. The molecule has 1 aliphatic carbocycles. The molecular formula is C15H26N2O4. The molecule has 2 fully saturated rings. The first-order chi connectivity index (χ1) is 10.0. The summed E-state index contributed by atoms with van der Waals surface area (Å²) in [6.45, 7) is 2.89. The number of hydrogen-bond donors (Lipinski definition) is 3. The van der Waals surface area contributed by atoms with E-state index in [1.165, 1.54) is 12.8 Å². The number of carboxylic acid groups (broad SMARTS) is 1. The molecule has 6 nitrogen and oxygen atoms in total. The fraction of sp³-hybridized carbons (Fsp3) is 0.867. The van der Waals surface area contributed by atoms with Crippen molar-refractivity contribution < 1.29 is 19.4 Å². The topological polar surface area (TPSA) is 87.7 Å². The van der Waals surface area contributed by atoms with E-state index in [1.807, 2.05) is 0 Å². The highest BCUT2D eigenvalue weighted by Crippen LogP contribution is 2.24. The van der Waals surface area contributed by atoms with E-state index in [0.29, 0.717) is 32.0 Å². The zero-order valence-corrected chi connectivity index (χ0v) is 12.7. The van der Waals surface area contributed by atoms with Gasteiger partial charge in [-0.3, -0.25) is 0 Å². The van der Waals surface area contributed by atoms with Crippen LogP contribution in [0.5, 0.6) is 0 Å². The number of amides is 2. The molecule has 0 aromatic rings. The zero-order chi connectivity index (χ0) is 15.3. The predicted octanol–water partition coefficient (Wildman–Crippen LogP) is 1.89. The lowest BCUT2D eigenvalue weighted by Gasteiger charge is -2.34. The van der Waals surface area contributed by atoms with Crippen molar-refractivity contribution in [3.8, 4) is 0 Å². The molecule has 1 saturated carbocycles. The lowest BCUT2D eigenvalue weighted by atomic mass is 9.90. The molecule has 0 aromatic carbocycles. The molecule has 0 radical (unpaired) electrons. The number of aliphatic carboxylic acids is 1. The van der Waals surface area contributed by atoms with Gasteiger partial charge in [0.05, 0.1) is 0 Å². The van der Waals surface area contributed by atoms with E-state index in [2.05, 4.69) is 17.6 Å². The van der Waals surface area contributed by atoms with Crippen molar-refractivity contribution in [1.29, 1.82) is 0 Å². The second kappa shape index (κ2) is 7.11. The number of carbonyl (C=O) groups is 2. The average molecular weight is 298 g/mol. The highest BCUT2D eigenvalue weighted by atomic mass is 16.5. The quantitative estimate of drug-likeness (QED) is 0.694. The first-order valence-corrected chi connectivity index (χ1v) is 7.93. The van der Waals surface area contributed by atoms with Gasteiger partial charge in [-0.25, -0.2) is 9.59 Å². The third-order valence-corrected chi connectivity index (χ3v) is 4.79. The van der Waals surface area contributed by atoms with Crippen LogP contribution in [0.4, 0.5) is 4.79 Å². The smallest absolute Gasteiger partial charge is 0.329 e. The fourth-order valence-electron chi connectivity index (χ4n) is 3.24. The Morgan fingerprint density at radius 2 is 1.81 bits per heavy atom. The molecule has 1 heterocycles. The molecule has 2 unspecified atom stereocenters. The second-order valence-electron chi connectivity index (χ2n) is 6.32. The average Bonchev–Trinajstić information content (AvgIpc) is 2.65.